The normalized spacial score (nSPS) is 16.1. The highest BCUT2D eigenvalue weighted by molar-refractivity contribution is 5.78. The van der Waals surface area contributed by atoms with Gasteiger partial charge in [-0.1, -0.05) is 31.4 Å². The zero-order valence-corrected chi connectivity index (χ0v) is 12.7. The Kier molecular flexibility index (Phi) is 6.54. The summed E-state index contributed by atoms with van der Waals surface area (Å²) in [6, 6.07) is 7.75. The lowest BCUT2D eigenvalue weighted by Crippen LogP contribution is -2.34. The van der Waals surface area contributed by atoms with Crippen molar-refractivity contribution in [2.45, 2.75) is 38.5 Å². The predicted molar refractivity (Wildman–Crippen MR) is 84.4 cm³/mol. The molecular formula is C17H26N2O2. The Bertz CT molecular complexity index is 423. The van der Waals surface area contributed by atoms with E-state index in [1.54, 1.807) is 0 Å². The second-order valence-corrected chi connectivity index (χ2v) is 5.61. The number of hydrogen-bond donors (Lipinski definition) is 1. The van der Waals surface area contributed by atoms with E-state index in [2.05, 4.69) is 0 Å². The molecule has 0 spiro atoms. The highest BCUT2D eigenvalue weighted by Gasteiger charge is 2.15. The summed E-state index contributed by atoms with van der Waals surface area (Å²) < 4.78 is 5.44. The molecule has 116 valence electrons. The van der Waals surface area contributed by atoms with Gasteiger partial charge in [-0.15, -0.1) is 0 Å². The molecule has 2 N–H and O–H groups in total. The van der Waals surface area contributed by atoms with E-state index in [1.165, 1.54) is 19.3 Å². The molecule has 1 amide bonds. The van der Waals surface area contributed by atoms with Crippen molar-refractivity contribution in [3.63, 3.8) is 0 Å². The number of carbonyl (C=O) groups excluding carboxylic acids is 1. The van der Waals surface area contributed by atoms with Crippen molar-refractivity contribution in [1.82, 2.24) is 4.90 Å². The number of amides is 1. The molecule has 21 heavy (non-hydrogen) atoms. The lowest BCUT2D eigenvalue weighted by molar-refractivity contribution is -0.130. The number of nitrogens with zero attached hydrogens (tertiary/aromatic N) is 1. The fourth-order valence-electron chi connectivity index (χ4n) is 2.66. The molecule has 1 aromatic rings. The first-order valence-electron chi connectivity index (χ1n) is 7.99. The number of carbonyl (C=O) groups is 1. The third-order valence-electron chi connectivity index (χ3n) is 3.87. The first-order valence-corrected chi connectivity index (χ1v) is 7.99. The van der Waals surface area contributed by atoms with Crippen LogP contribution in [0.25, 0.3) is 0 Å². The van der Waals surface area contributed by atoms with Crippen LogP contribution in [0.2, 0.25) is 0 Å². The van der Waals surface area contributed by atoms with Crippen molar-refractivity contribution in [3.8, 4) is 5.75 Å². The highest BCUT2D eigenvalue weighted by atomic mass is 16.5. The highest BCUT2D eigenvalue weighted by Crippen LogP contribution is 2.15. The number of benzene rings is 1. The zero-order valence-electron chi connectivity index (χ0n) is 12.7. The molecule has 1 aliphatic heterocycles. The van der Waals surface area contributed by atoms with Crippen molar-refractivity contribution in [3.05, 3.63) is 29.8 Å². The van der Waals surface area contributed by atoms with E-state index in [0.29, 0.717) is 19.6 Å². The van der Waals surface area contributed by atoms with Gasteiger partial charge in [0, 0.05) is 19.6 Å². The van der Waals surface area contributed by atoms with Crippen molar-refractivity contribution in [2.75, 3.05) is 26.2 Å². The predicted octanol–water partition coefficient (Wildman–Crippen LogP) is 2.36. The second-order valence-electron chi connectivity index (χ2n) is 5.61. The van der Waals surface area contributed by atoms with Crippen LogP contribution >= 0.6 is 0 Å². The molecular weight excluding hydrogens is 264 g/mol. The molecule has 0 unspecified atom stereocenters. The first-order chi connectivity index (χ1) is 10.3. The molecule has 0 atom stereocenters. The van der Waals surface area contributed by atoms with E-state index in [1.807, 2.05) is 29.2 Å². The summed E-state index contributed by atoms with van der Waals surface area (Å²) in [6.07, 6.45) is 6.56. The molecule has 1 saturated heterocycles. The number of likely N-dealkylation sites (tertiary alicyclic amines) is 1. The fraction of sp³-hybridized carbons (Fsp3) is 0.588. The smallest absolute Gasteiger partial charge is 0.226 e. The maximum atomic E-state index is 12.4. The number of hydrogen-bond acceptors (Lipinski definition) is 3. The van der Waals surface area contributed by atoms with Gasteiger partial charge < -0.3 is 15.4 Å². The van der Waals surface area contributed by atoms with Gasteiger partial charge in [0.15, 0.2) is 0 Å². The van der Waals surface area contributed by atoms with Crippen LogP contribution in [-0.4, -0.2) is 37.0 Å². The summed E-state index contributed by atoms with van der Waals surface area (Å²) in [4.78, 5) is 14.4. The number of ether oxygens (including phenoxy) is 1. The fourth-order valence-corrected chi connectivity index (χ4v) is 2.66. The average molecular weight is 290 g/mol. The van der Waals surface area contributed by atoms with E-state index >= 15 is 0 Å². The third-order valence-corrected chi connectivity index (χ3v) is 3.87. The van der Waals surface area contributed by atoms with Crippen molar-refractivity contribution >= 4 is 5.91 Å². The number of rotatable bonds is 5. The Hall–Kier alpha value is -1.55. The quantitative estimate of drug-likeness (QED) is 0.905. The van der Waals surface area contributed by atoms with Crippen LogP contribution in [0.4, 0.5) is 0 Å². The zero-order chi connectivity index (χ0) is 14.9. The molecule has 0 bridgehead atoms. The molecule has 1 aliphatic rings. The summed E-state index contributed by atoms with van der Waals surface area (Å²) in [7, 11) is 0. The van der Waals surface area contributed by atoms with Gasteiger partial charge in [-0.05, 0) is 30.5 Å². The Labute approximate surface area is 127 Å². The van der Waals surface area contributed by atoms with Crippen LogP contribution in [0.5, 0.6) is 5.75 Å². The summed E-state index contributed by atoms with van der Waals surface area (Å²) in [5.74, 6) is 1.05. The van der Waals surface area contributed by atoms with E-state index in [9.17, 15) is 4.79 Å². The van der Waals surface area contributed by atoms with Gasteiger partial charge >= 0.3 is 0 Å². The molecule has 1 heterocycles. The summed E-state index contributed by atoms with van der Waals surface area (Å²) in [5, 5.41) is 0. The minimum atomic E-state index is 0.243. The monoisotopic (exact) mass is 290 g/mol. The molecule has 4 heteroatoms. The summed E-state index contributed by atoms with van der Waals surface area (Å²) in [6.45, 7) is 2.86. The van der Waals surface area contributed by atoms with Crippen LogP contribution in [0.1, 0.15) is 37.7 Å². The summed E-state index contributed by atoms with van der Waals surface area (Å²) >= 11 is 0. The Morgan fingerprint density at radius 2 is 1.67 bits per heavy atom. The molecule has 1 fully saturated rings. The van der Waals surface area contributed by atoms with Gasteiger partial charge in [0.25, 0.3) is 0 Å². The van der Waals surface area contributed by atoms with Gasteiger partial charge in [0.1, 0.15) is 12.4 Å². The lowest BCUT2D eigenvalue weighted by atomic mass is 10.1. The first kappa shape index (κ1) is 15.8. The topological polar surface area (TPSA) is 55.6 Å². The molecule has 0 aromatic heterocycles. The van der Waals surface area contributed by atoms with Gasteiger partial charge in [-0.3, -0.25) is 4.79 Å². The van der Waals surface area contributed by atoms with Gasteiger partial charge in [0.2, 0.25) is 5.91 Å². The van der Waals surface area contributed by atoms with Crippen molar-refractivity contribution in [1.29, 1.82) is 0 Å². The Morgan fingerprint density at radius 3 is 2.29 bits per heavy atom. The van der Waals surface area contributed by atoms with Crippen molar-refractivity contribution in [2.24, 2.45) is 5.73 Å². The van der Waals surface area contributed by atoms with E-state index in [0.717, 1.165) is 37.2 Å². The minimum Gasteiger partial charge on any atom is -0.492 e. The van der Waals surface area contributed by atoms with Crippen LogP contribution in [-0.2, 0) is 11.2 Å². The van der Waals surface area contributed by atoms with Crippen LogP contribution in [0, 0.1) is 0 Å². The molecule has 0 aliphatic carbocycles. The third kappa shape index (κ3) is 5.38. The molecule has 4 nitrogen and oxygen atoms in total. The second kappa shape index (κ2) is 8.67. The van der Waals surface area contributed by atoms with E-state index in [-0.39, 0.29) is 5.91 Å². The van der Waals surface area contributed by atoms with Gasteiger partial charge in [-0.2, -0.15) is 0 Å². The van der Waals surface area contributed by atoms with E-state index in [4.69, 9.17) is 10.5 Å². The maximum Gasteiger partial charge on any atom is 0.226 e. The molecule has 0 radical (unpaired) electrons. The molecule has 2 rings (SSSR count). The van der Waals surface area contributed by atoms with Gasteiger partial charge in [0.05, 0.1) is 6.42 Å². The Balaban J connectivity index is 1.86. The van der Waals surface area contributed by atoms with Crippen LogP contribution in [0.3, 0.4) is 0 Å². The summed E-state index contributed by atoms with van der Waals surface area (Å²) in [5.41, 5.74) is 6.45. The largest absolute Gasteiger partial charge is 0.492 e. The van der Waals surface area contributed by atoms with Crippen LogP contribution in [0.15, 0.2) is 24.3 Å². The standard InChI is InChI=1S/C17H26N2O2/c18-10-13-21-16-8-6-15(7-9-16)14-17(20)19-11-4-2-1-3-5-12-19/h6-9H,1-5,10-14,18H2. The van der Waals surface area contributed by atoms with Gasteiger partial charge in [-0.25, -0.2) is 0 Å². The molecule has 1 aromatic carbocycles. The maximum absolute atomic E-state index is 12.4. The minimum absolute atomic E-state index is 0.243. The number of nitrogens with two attached hydrogens (primary N) is 1. The molecule has 0 saturated carbocycles. The average Bonchev–Trinajstić information content (AvgIpc) is 2.46. The Morgan fingerprint density at radius 1 is 1.05 bits per heavy atom. The SMILES string of the molecule is NCCOc1ccc(CC(=O)N2CCCCCCC2)cc1. The van der Waals surface area contributed by atoms with Crippen LogP contribution < -0.4 is 10.5 Å². The van der Waals surface area contributed by atoms with E-state index < -0.39 is 0 Å². The lowest BCUT2D eigenvalue weighted by Gasteiger charge is -2.24. The van der Waals surface area contributed by atoms with Crippen molar-refractivity contribution < 1.29 is 9.53 Å².